The highest BCUT2D eigenvalue weighted by atomic mass is 16.5. The van der Waals surface area contributed by atoms with Crippen molar-refractivity contribution in [1.82, 2.24) is 0 Å². The van der Waals surface area contributed by atoms with Crippen molar-refractivity contribution in [3.05, 3.63) is 47.5 Å². The molecule has 0 saturated heterocycles. The van der Waals surface area contributed by atoms with Gasteiger partial charge in [0, 0.05) is 0 Å². The predicted octanol–water partition coefficient (Wildman–Crippen LogP) is 4.47. The number of nitrogen functional groups attached to an aromatic ring is 1. The van der Waals surface area contributed by atoms with E-state index in [9.17, 15) is 0 Å². The van der Waals surface area contributed by atoms with E-state index in [1.165, 1.54) is 0 Å². The first-order chi connectivity index (χ1) is 9.47. The Morgan fingerprint density at radius 3 is 2.35 bits per heavy atom. The van der Waals surface area contributed by atoms with Gasteiger partial charge in [-0.15, -0.1) is 0 Å². The summed E-state index contributed by atoms with van der Waals surface area (Å²) in [5.74, 6) is 2.10. The molecule has 0 radical (unpaired) electrons. The molecule has 0 aliphatic heterocycles. The van der Waals surface area contributed by atoms with E-state index < -0.39 is 0 Å². The minimum absolute atomic E-state index is 0.0771. The predicted molar refractivity (Wildman–Crippen MR) is 82.6 cm³/mol. The molecule has 0 heterocycles. The second-order valence-corrected chi connectivity index (χ2v) is 5.21. The average Bonchev–Trinajstić information content (AvgIpc) is 2.38. The van der Waals surface area contributed by atoms with Crippen LogP contribution in [0.15, 0.2) is 36.4 Å². The molecule has 0 atom stereocenters. The maximum atomic E-state index is 6.12. The number of aryl methyl sites for hydroxylation is 2. The minimum atomic E-state index is 0.0771. The summed E-state index contributed by atoms with van der Waals surface area (Å²) in [6, 6.07) is 11.7. The van der Waals surface area contributed by atoms with Crippen LogP contribution >= 0.6 is 0 Å². The van der Waals surface area contributed by atoms with Gasteiger partial charge in [-0.25, -0.2) is 0 Å². The van der Waals surface area contributed by atoms with Crippen LogP contribution in [-0.2, 0) is 0 Å². The van der Waals surface area contributed by atoms with Crippen LogP contribution in [0.4, 0.5) is 5.69 Å². The largest absolute Gasteiger partial charge is 0.489 e. The lowest BCUT2D eigenvalue weighted by Crippen LogP contribution is -2.07. The Morgan fingerprint density at radius 2 is 1.65 bits per heavy atom. The molecule has 0 spiro atoms. The Hall–Kier alpha value is -2.16. The molecule has 0 unspecified atom stereocenters. The zero-order valence-electron chi connectivity index (χ0n) is 12.4. The van der Waals surface area contributed by atoms with Crippen LogP contribution in [0.3, 0.4) is 0 Å². The van der Waals surface area contributed by atoms with E-state index in [4.69, 9.17) is 15.2 Å². The molecule has 0 aromatic heterocycles. The number of hydrogen-bond donors (Lipinski definition) is 1. The van der Waals surface area contributed by atoms with Gasteiger partial charge in [-0.2, -0.15) is 0 Å². The lowest BCUT2D eigenvalue weighted by Gasteiger charge is -2.16. The van der Waals surface area contributed by atoms with E-state index in [1.54, 1.807) is 0 Å². The van der Waals surface area contributed by atoms with Crippen LogP contribution in [0.5, 0.6) is 17.2 Å². The average molecular weight is 271 g/mol. The van der Waals surface area contributed by atoms with Crippen molar-refractivity contribution in [2.45, 2.75) is 33.8 Å². The van der Waals surface area contributed by atoms with E-state index in [-0.39, 0.29) is 6.10 Å². The maximum Gasteiger partial charge on any atom is 0.154 e. The number of nitrogens with two attached hydrogens (primary N) is 1. The van der Waals surface area contributed by atoms with Crippen LogP contribution in [0, 0.1) is 13.8 Å². The van der Waals surface area contributed by atoms with Crippen molar-refractivity contribution in [3.63, 3.8) is 0 Å². The molecule has 20 heavy (non-hydrogen) atoms. The zero-order valence-corrected chi connectivity index (χ0v) is 12.4. The minimum Gasteiger partial charge on any atom is -0.489 e. The van der Waals surface area contributed by atoms with Crippen LogP contribution in [0.1, 0.15) is 25.0 Å². The fourth-order valence-corrected chi connectivity index (χ4v) is 1.91. The monoisotopic (exact) mass is 271 g/mol. The molecule has 3 nitrogen and oxygen atoms in total. The summed E-state index contributed by atoms with van der Waals surface area (Å²) in [5.41, 5.74) is 8.87. The number of hydrogen-bond acceptors (Lipinski definition) is 3. The standard InChI is InChI=1S/C17H21NO2/c1-11(2)19-14-6-5-7-15(17(14)18)20-16-10-12(3)8-9-13(16)4/h5-11H,18H2,1-4H3. The first-order valence-corrected chi connectivity index (χ1v) is 6.77. The van der Waals surface area contributed by atoms with Crippen molar-refractivity contribution in [2.24, 2.45) is 0 Å². The van der Waals surface area contributed by atoms with E-state index in [2.05, 4.69) is 6.07 Å². The molecule has 106 valence electrons. The van der Waals surface area contributed by atoms with Gasteiger partial charge in [0.2, 0.25) is 0 Å². The molecule has 2 aromatic carbocycles. The van der Waals surface area contributed by atoms with Gasteiger partial charge < -0.3 is 15.2 Å². The Kier molecular flexibility index (Phi) is 4.18. The molecule has 0 aliphatic rings. The first-order valence-electron chi connectivity index (χ1n) is 6.77. The fraction of sp³-hybridized carbons (Fsp3) is 0.294. The number of anilines is 1. The Bertz CT molecular complexity index is 606. The third kappa shape index (κ3) is 3.23. The third-order valence-corrected chi connectivity index (χ3v) is 2.95. The number of para-hydroxylation sites is 1. The highest BCUT2D eigenvalue weighted by Crippen LogP contribution is 2.36. The van der Waals surface area contributed by atoms with Gasteiger partial charge in [0.1, 0.15) is 17.2 Å². The molecule has 3 heteroatoms. The molecule has 0 bridgehead atoms. The summed E-state index contributed by atoms with van der Waals surface area (Å²) in [5, 5.41) is 0. The lowest BCUT2D eigenvalue weighted by molar-refractivity contribution is 0.243. The van der Waals surface area contributed by atoms with E-state index in [0.29, 0.717) is 17.2 Å². The van der Waals surface area contributed by atoms with Gasteiger partial charge in [0.25, 0.3) is 0 Å². The number of rotatable bonds is 4. The molecular weight excluding hydrogens is 250 g/mol. The summed E-state index contributed by atoms with van der Waals surface area (Å²) in [4.78, 5) is 0. The van der Waals surface area contributed by atoms with Gasteiger partial charge in [-0.3, -0.25) is 0 Å². The van der Waals surface area contributed by atoms with Gasteiger partial charge in [-0.05, 0) is 57.0 Å². The highest BCUT2D eigenvalue weighted by molar-refractivity contribution is 5.63. The molecule has 2 N–H and O–H groups in total. The molecule has 2 rings (SSSR count). The van der Waals surface area contributed by atoms with Gasteiger partial charge in [-0.1, -0.05) is 18.2 Å². The zero-order chi connectivity index (χ0) is 14.7. The second kappa shape index (κ2) is 5.87. The summed E-state index contributed by atoms with van der Waals surface area (Å²) >= 11 is 0. The second-order valence-electron chi connectivity index (χ2n) is 5.21. The SMILES string of the molecule is Cc1ccc(C)c(Oc2cccc(OC(C)C)c2N)c1. The van der Waals surface area contributed by atoms with Crippen LogP contribution in [-0.4, -0.2) is 6.10 Å². The molecular formula is C17H21NO2. The van der Waals surface area contributed by atoms with Crippen molar-refractivity contribution >= 4 is 5.69 Å². The Labute approximate surface area is 120 Å². The lowest BCUT2D eigenvalue weighted by atomic mass is 10.1. The molecule has 0 fully saturated rings. The van der Waals surface area contributed by atoms with E-state index in [1.807, 2.05) is 58.0 Å². The smallest absolute Gasteiger partial charge is 0.154 e. The van der Waals surface area contributed by atoms with Crippen molar-refractivity contribution in [3.8, 4) is 17.2 Å². The summed E-state index contributed by atoms with van der Waals surface area (Å²) < 4.78 is 11.6. The Balaban J connectivity index is 2.32. The van der Waals surface area contributed by atoms with Crippen molar-refractivity contribution in [1.29, 1.82) is 0 Å². The molecule has 0 amide bonds. The number of ether oxygens (including phenoxy) is 2. The van der Waals surface area contributed by atoms with Crippen molar-refractivity contribution < 1.29 is 9.47 Å². The summed E-state index contributed by atoms with van der Waals surface area (Å²) in [7, 11) is 0. The topological polar surface area (TPSA) is 44.5 Å². The van der Waals surface area contributed by atoms with Gasteiger partial charge >= 0.3 is 0 Å². The fourth-order valence-electron chi connectivity index (χ4n) is 1.91. The molecule has 0 saturated carbocycles. The molecule has 2 aromatic rings. The highest BCUT2D eigenvalue weighted by Gasteiger charge is 2.10. The Morgan fingerprint density at radius 1 is 0.950 bits per heavy atom. The van der Waals surface area contributed by atoms with Gasteiger partial charge in [0.15, 0.2) is 5.75 Å². The summed E-state index contributed by atoms with van der Waals surface area (Å²) in [6.07, 6.45) is 0.0771. The van der Waals surface area contributed by atoms with Crippen LogP contribution < -0.4 is 15.2 Å². The third-order valence-electron chi connectivity index (χ3n) is 2.95. The molecule has 0 aliphatic carbocycles. The van der Waals surface area contributed by atoms with E-state index >= 15 is 0 Å². The number of benzene rings is 2. The quantitative estimate of drug-likeness (QED) is 0.835. The van der Waals surface area contributed by atoms with Crippen LogP contribution in [0.2, 0.25) is 0 Å². The first kappa shape index (κ1) is 14.3. The normalized spacial score (nSPS) is 10.7. The maximum absolute atomic E-state index is 6.12. The van der Waals surface area contributed by atoms with E-state index in [0.717, 1.165) is 16.9 Å². The van der Waals surface area contributed by atoms with Crippen LogP contribution in [0.25, 0.3) is 0 Å². The van der Waals surface area contributed by atoms with Gasteiger partial charge in [0.05, 0.1) is 6.10 Å². The van der Waals surface area contributed by atoms with Crippen molar-refractivity contribution in [2.75, 3.05) is 5.73 Å². The summed E-state index contributed by atoms with van der Waals surface area (Å²) in [6.45, 7) is 7.99.